The molecule has 0 bridgehead atoms. The summed E-state index contributed by atoms with van der Waals surface area (Å²) in [5.41, 5.74) is 0. The fourth-order valence-electron chi connectivity index (χ4n) is 10.0. The number of rotatable bonds is 63. The topological polar surface area (TPSA) is 108 Å². The van der Waals surface area contributed by atoms with Gasteiger partial charge in [0.2, 0.25) is 0 Å². The van der Waals surface area contributed by atoms with Crippen LogP contribution in [0.25, 0.3) is 0 Å². The molecule has 0 aromatic heterocycles. The molecule has 0 aromatic rings. The lowest BCUT2D eigenvalue weighted by molar-refractivity contribution is -0.870. The van der Waals surface area contributed by atoms with Crippen LogP contribution in [0.15, 0.2) is 24.3 Å². The summed E-state index contributed by atoms with van der Waals surface area (Å²) in [7, 11) is 5.99. The predicted molar refractivity (Wildman–Crippen MR) is 328 cm³/mol. The Labute approximate surface area is 478 Å². The van der Waals surface area contributed by atoms with Gasteiger partial charge in [0.25, 0.3) is 6.29 Å². The van der Waals surface area contributed by atoms with E-state index in [1.165, 1.54) is 263 Å². The van der Waals surface area contributed by atoms with E-state index in [0.29, 0.717) is 17.4 Å². The number of unbranched alkanes of at least 4 members (excludes halogenated alkanes) is 44. The second-order valence-electron chi connectivity index (χ2n) is 24.1. The van der Waals surface area contributed by atoms with Crippen molar-refractivity contribution in [2.24, 2.45) is 0 Å². The van der Waals surface area contributed by atoms with E-state index >= 15 is 0 Å². The highest BCUT2D eigenvalue weighted by Crippen LogP contribution is 2.18. The van der Waals surface area contributed by atoms with Crippen LogP contribution in [0.2, 0.25) is 0 Å². The zero-order valence-electron chi connectivity index (χ0n) is 51.9. The maximum Gasteiger partial charge on any atom is 0.361 e. The zero-order valence-corrected chi connectivity index (χ0v) is 51.9. The lowest BCUT2D eigenvalue weighted by Gasteiger charge is -2.25. The largest absolute Gasteiger partial charge is 0.477 e. The van der Waals surface area contributed by atoms with Crippen molar-refractivity contribution in [2.75, 3.05) is 47.5 Å². The van der Waals surface area contributed by atoms with Crippen LogP contribution >= 0.6 is 0 Å². The van der Waals surface area contributed by atoms with Gasteiger partial charge in [-0.05, 0) is 44.9 Å². The second kappa shape index (κ2) is 59.9. The highest BCUT2D eigenvalue weighted by Gasteiger charge is 2.25. The number of carboxylic acid groups (broad SMARTS) is 1. The second-order valence-corrected chi connectivity index (χ2v) is 24.1. The molecule has 0 aliphatic rings. The number of carbonyl (C=O) groups excluding carboxylic acids is 2. The van der Waals surface area contributed by atoms with Crippen molar-refractivity contribution in [3.8, 4) is 0 Å². The van der Waals surface area contributed by atoms with Gasteiger partial charge in [-0.3, -0.25) is 9.59 Å². The van der Waals surface area contributed by atoms with Gasteiger partial charge >= 0.3 is 17.9 Å². The van der Waals surface area contributed by atoms with E-state index in [1.807, 2.05) is 21.1 Å². The summed E-state index contributed by atoms with van der Waals surface area (Å²) in [4.78, 5) is 37.6. The van der Waals surface area contributed by atoms with E-state index in [0.717, 1.165) is 44.9 Å². The number of nitrogens with zero attached hydrogens (tertiary/aromatic N) is 1. The normalized spacial score (nSPS) is 12.8. The van der Waals surface area contributed by atoms with Crippen molar-refractivity contribution in [3.63, 3.8) is 0 Å². The standard InChI is InChI=1S/C68H129NO8/c1-6-8-10-12-14-16-18-20-22-24-26-28-30-31-32-33-34-35-37-38-40-42-44-46-48-50-52-54-56-58-65(70)75-62-64(63-76-68(67(72)73)74-61-60-69(3,4)5)77-66(71)59-57-55-53-51-49-47-45-43-41-39-36-29-27-25-23-21-19-17-15-13-11-9-7-2/h19,21,25,27,64,68H,6-18,20,22-24,26,28-63H2,1-5H3/p+1/b21-19-,27-25-. The van der Waals surface area contributed by atoms with Gasteiger partial charge in [-0.25, -0.2) is 4.79 Å². The summed E-state index contributed by atoms with van der Waals surface area (Å²) in [6, 6.07) is 0. The summed E-state index contributed by atoms with van der Waals surface area (Å²) in [5.74, 6) is -1.98. The number of hydrogen-bond acceptors (Lipinski definition) is 7. The summed E-state index contributed by atoms with van der Waals surface area (Å²) >= 11 is 0. The summed E-state index contributed by atoms with van der Waals surface area (Å²) in [6.45, 7) is 4.93. The molecule has 0 aromatic carbocycles. The molecule has 77 heavy (non-hydrogen) atoms. The van der Waals surface area contributed by atoms with Crippen molar-refractivity contribution in [1.29, 1.82) is 0 Å². The van der Waals surface area contributed by atoms with Crippen molar-refractivity contribution < 1.29 is 42.9 Å². The highest BCUT2D eigenvalue weighted by atomic mass is 16.7. The Hall–Kier alpha value is -2.23. The maximum absolute atomic E-state index is 12.9. The maximum atomic E-state index is 12.9. The molecule has 0 saturated heterocycles. The number of carbonyl (C=O) groups is 3. The quantitative estimate of drug-likeness (QED) is 0.0211. The Bertz CT molecular complexity index is 1310. The molecule has 0 fully saturated rings. The van der Waals surface area contributed by atoms with Gasteiger partial charge in [0, 0.05) is 12.8 Å². The van der Waals surface area contributed by atoms with E-state index in [-0.39, 0.29) is 38.2 Å². The SMILES string of the molecule is CCCCCCC/C=C\C/C=C\CCCCCCCCCCCCCC(=O)OC(COC(=O)CCCCCCCCCCCCCCCCCCCCCCCCCCCCCCC)COC(OCC[N+](C)(C)C)C(=O)O. The monoisotopic (exact) mass is 1090 g/mol. The van der Waals surface area contributed by atoms with Crippen LogP contribution in [0, 0.1) is 0 Å². The predicted octanol–water partition coefficient (Wildman–Crippen LogP) is 20.2. The minimum Gasteiger partial charge on any atom is -0.477 e. The molecule has 9 heteroatoms. The smallest absolute Gasteiger partial charge is 0.361 e. The van der Waals surface area contributed by atoms with Gasteiger partial charge in [-0.15, -0.1) is 0 Å². The fraction of sp³-hybridized carbons (Fsp3) is 0.897. The molecule has 0 spiro atoms. The Balaban J connectivity index is 4.09. The molecule has 0 radical (unpaired) electrons. The molecule has 2 atom stereocenters. The Morgan fingerprint density at radius 2 is 0.701 bits per heavy atom. The fourth-order valence-corrected chi connectivity index (χ4v) is 10.0. The van der Waals surface area contributed by atoms with Gasteiger partial charge < -0.3 is 28.5 Å². The lowest BCUT2D eigenvalue weighted by Crippen LogP contribution is -2.40. The molecule has 1 N–H and O–H groups in total. The van der Waals surface area contributed by atoms with Gasteiger partial charge in [-0.1, -0.05) is 301 Å². The first-order valence-corrected chi connectivity index (χ1v) is 33.5. The molecular weight excluding hydrogens is 959 g/mol. The van der Waals surface area contributed by atoms with Crippen molar-refractivity contribution in [3.05, 3.63) is 24.3 Å². The molecule has 2 unspecified atom stereocenters. The number of quaternary nitrogens is 1. The highest BCUT2D eigenvalue weighted by molar-refractivity contribution is 5.71. The Morgan fingerprint density at radius 3 is 1.03 bits per heavy atom. The minimum atomic E-state index is -1.51. The first-order chi connectivity index (χ1) is 37.6. The van der Waals surface area contributed by atoms with Crippen LogP contribution in [0.3, 0.4) is 0 Å². The number of ether oxygens (including phenoxy) is 4. The van der Waals surface area contributed by atoms with E-state index in [2.05, 4.69) is 38.2 Å². The molecular formula is C68H130NO8+. The van der Waals surface area contributed by atoms with Crippen LogP contribution in [-0.4, -0.2) is 87.4 Å². The molecule has 0 saturated carbocycles. The van der Waals surface area contributed by atoms with Crippen LogP contribution in [0.4, 0.5) is 0 Å². The number of likely N-dealkylation sites (N-methyl/N-ethyl adjacent to an activating group) is 1. The number of allylic oxidation sites excluding steroid dienone is 4. The van der Waals surface area contributed by atoms with Crippen LogP contribution in [0.5, 0.6) is 0 Å². The van der Waals surface area contributed by atoms with Crippen LogP contribution < -0.4 is 0 Å². The zero-order chi connectivity index (χ0) is 56.2. The Kier molecular flexibility index (Phi) is 58.1. The molecule has 0 aliphatic heterocycles. The van der Waals surface area contributed by atoms with Crippen LogP contribution in [0.1, 0.15) is 335 Å². The molecule has 0 rings (SSSR count). The first-order valence-electron chi connectivity index (χ1n) is 33.5. The number of hydrogen-bond donors (Lipinski definition) is 1. The third-order valence-corrected chi connectivity index (χ3v) is 15.2. The van der Waals surface area contributed by atoms with E-state index in [4.69, 9.17) is 18.9 Å². The lowest BCUT2D eigenvalue weighted by atomic mass is 10.0. The summed E-state index contributed by atoms with van der Waals surface area (Å²) in [5, 5.41) is 9.73. The molecule has 0 heterocycles. The van der Waals surface area contributed by atoms with E-state index in [1.54, 1.807) is 0 Å². The van der Waals surface area contributed by atoms with Crippen molar-refractivity contribution in [1.82, 2.24) is 0 Å². The summed E-state index contributed by atoms with van der Waals surface area (Å²) < 4.78 is 23.0. The first kappa shape index (κ1) is 74.8. The van der Waals surface area contributed by atoms with Gasteiger partial charge in [0.05, 0.1) is 34.4 Å². The van der Waals surface area contributed by atoms with E-state index in [9.17, 15) is 19.5 Å². The average Bonchev–Trinajstić information content (AvgIpc) is 3.40. The molecule has 0 aliphatic carbocycles. The average molecular weight is 1090 g/mol. The Morgan fingerprint density at radius 1 is 0.390 bits per heavy atom. The van der Waals surface area contributed by atoms with Gasteiger partial charge in [-0.2, -0.15) is 0 Å². The minimum absolute atomic E-state index is 0.177. The number of esters is 2. The van der Waals surface area contributed by atoms with Gasteiger partial charge in [0.1, 0.15) is 13.2 Å². The third-order valence-electron chi connectivity index (χ3n) is 15.2. The summed E-state index contributed by atoms with van der Waals surface area (Å²) in [6.07, 6.45) is 70.0. The molecule has 454 valence electrons. The number of aliphatic carboxylic acids is 1. The van der Waals surface area contributed by atoms with Crippen LogP contribution in [-0.2, 0) is 33.3 Å². The third kappa shape index (κ3) is 61.2. The molecule has 9 nitrogen and oxygen atoms in total. The van der Waals surface area contributed by atoms with E-state index < -0.39 is 18.4 Å². The van der Waals surface area contributed by atoms with Crippen molar-refractivity contribution >= 4 is 17.9 Å². The molecule has 0 amide bonds. The van der Waals surface area contributed by atoms with Crippen molar-refractivity contribution in [2.45, 2.75) is 347 Å². The van der Waals surface area contributed by atoms with Gasteiger partial charge in [0.15, 0.2) is 6.10 Å². The number of carboxylic acids is 1.